The Morgan fingerprint density at radius 2 is 2.20 bits per heavy atom. The Morgan fingerprint density at radius 1 is 1.40 bits per heavy atom. The number of carboxylic acids is 1. The number of ether oxygens (including phenoxy) is 3. The van der Waals surface area contributed by atoms with Crippen LogP contribution in [-0.4, -0.2) is 60.7 Å². The van der Waals surface area contributed by atoms with Gasteiger partial charge in [0.1, 0.15) is 24.6 Å². The van der Waals surface area contributed by atoms with Crippen LogP contribution in [0, 0.1) is 0 Å². The van der Waals surface area contributed by atoms with Gasteiger partial charge in [0.15, 0.2) is 0 Å². The smallest absolute Gasteiger partial charge is 0.305 e. The van der Waals surface area contributed by atoms with Crippen LogP contribution in [0.25, 0.3) is 0 Å². The van der Waals surface area contributed by atoms with E-state index in [0.29, 0.717) is 17.9 Å². The normalized spacial score (nSPS) is 27.1. The lowest BCUT2D eigenvalue weighted by Crippen LogP contribution is -2.46. The molecule has 0 saturated carbocycles. The molecule has 0 aliphatic carbocycles. The second-order valence-corrected chi connectivity index (χ2v) is 6.24. The van der Waals surface area contributed by atoms with Gasteiger partial charge < -0.3 is 29.7 Å². The van der Waals surface area contributed by atoms with E-state index >= 15 is 0 Å². The first-order valence-electron chi connectivity index (χ1n) is 8.09. The van der Waals surface area contributed by atoms with Gasteiger partial charge >= 0.3 is 5.97 Å². The fourth-order valence-corrected chi connectivity index (χ4v) is 3.49. The molecule has 2 aliphatic rings. The minimum absolute atomic E-state index is 0.0409. The first-order chi connectivity index (χ1) is 12.0. The maximum atomic E-state index is 11.7. The molecule has 1 fully saturated rings. The van der Waals surface area contributed by atoms with Crippen LogP contribution < -0.4 is 10.1 Å². The molecule has 0 unspecified atom stereocenters. The molecule has 1 aromatic rings. The molecule has 3 rings (SSSR count). The number of benzene rings is 1. The van der Waals surface area contributed by atoms with E-state index in [-0.39, 0.29) is 37.6 Å². The van der Waals surface area contributed by atoms with Crippen LogP contribution in [0.3, 0.4) is 0 Å². The van der Waals surface area contributed by atoms with Gasteiger partial charge in [0.05, 0.1) is 19.1 Å². The first kappa shape index (κ1) is 17.7. The maximum Gasteiger partial charge on any atom is 0.305 e. The molecule has 4 atom stereocenters. The van der Waals surface area contributed by atoms with Crippen molar-refractivity contribution < 1.29 is 34.0 Å². The summed E-state index contributed by atoms with van der Waals surface area (Å²) < 4.78 is 16.4. The number of methoxy groups -OCH3 is 1. The molecule has 136 valence electrons. The largest absolute Gasteiger partial charge is 0.487 e. The van der Waals surface area contributed by atoms with E-state index in [2.05, 4.69) is 5.32 Å². The van der Waals surface area contributed by atoms with Crippen molar-refractivity contribution in [3.05, 3.63) is 23.8 Å². The average molecular weight is 351 g/mol. The van der Waals surface area contributed by atoms with Crippen molar-refractivity contribution in [2.24, 2.45) is 0 Å². The molecule has 8 heteroatoms. The lowest BCUT2D eigenvalue weighted by molar-refractivity contribution is -0.153. The maximum absolute atomic E-state index is 11.7. The third-order valence-electron chi connectivity index (χ3n) is 4.46. The second kappa shape index (κ2) is 7.38. The summed E-state index contributed by atoms with van der Waals surface area (Å²) in [5, 5.41) is 21.3. The number of carbonyl (C=O) groups is 2. The fourth-order valence-electron chi connectivity index (χ4n) is 3.49. The number of rotatable bonds is 6. The summed E-state index contributed by atoms with van der Waals surface area (Å²) in [6.45, 7) is -0.288. The number of hydrogen-bond acceptors (Lipinski definition) is 6. The number of aliphatic hydroxyl groups is 1. The molecule has 3 N–H and O–H groups in total. The molecule has 2 aliphatic heterocycles. The number of aliphatic carboxylic acids is 1. The fraction of sp³-hybridized carbons (Fsp3) is 0.529. The molecule has 1 aromatic carbocycles. The highest BCUT2D eigenvalue weighted by molar-refractivity contribution is 5.91. The molecule has 25 heavy (non-hydrogen) atoms. The quantitative estimate of drug-likeness (QED) is 0.692. The van der Waals surface area contributed by atoms with Gasteiger partial charge in [-0.3, -0.25) is 9.59 Å². The van der Waals surface area contributed by atoms with Crippen molar-refractivity contribution in [1.82, 2.24) is 0 Å². The van der Waals surface area contributed by atoms with Crippen LogP contribution in [0.2, 0.25) is 0 Å². The van der Waals surface area contributed by atoms with Crippen molar-refractivity contribution in [3.8, 4) is 5.75 Å². The SMILES string of the molecule is COCC(=O)Nc1ccc2c(c1)[C@@H]1C[C@@H](CC(=O)O)O[C@H](CO)[C@@H]1O2. The van der Waals surface area contributed by atoms with Crippen LogP contribution in [0.1, 0.15) is 24.3 Å². The van der Waals surface area contributed by atoms with E-state index in [1.54, 1.807) is 12.1 Å². The molecule has 0 spiro atoms. The topological polar surface area (TPSA) is 114 Å². The average Bonchev–Trinajstić information content (AvgIpc) is 2.92. The highest BCUT2D eigenvalue weighted by Crippen LogP contribution is 2.47. The Bertz CT molecular complexity index is 662. The van der Waals surface area contributed by atoms with Gasteiger partial charge in [0, 0.05) is 24.3 Å². The monoisotopic (exact) mass is 351 g/mol. The Balaban J connectivity index is 1.81. The number of nitrogens with one attached hydrogen (secondary N) is 1. The van der Waals surface area contributed by atoms with Gasteiger partial charge in [-0.1, -0.05) is 0 Å². The Morgan fingerprint density at radius 3 is 2.88 bits per heavy atom. The van der Waals surface area contributed by atoms with Gasteiger partial charge in [0.25, 0.3) is 0 Å². The van der Waals surface area contributed by atoms with E-state index in [0.717, 1.165) is 5.56 Å². The summed E-state index contributed by atoms with van der Waals surface area (Å²) in [5.74, 6) is -0.635. The molecule has 1 amide bonds. The second-order valence-electron chi connectivity index (χ2n) is 6.24. The van der Waals surface area contributed by atoms with Crippen molar-refractivity contribution >= 4 is 17.6 Å². The van der Waals surface area contributed by atoms with Gasteiger partial charge in [-0.05, 0) is 24.6 Å². The zero-order valence-electron chi connectivity index (χ0n) is 13.8. The van der Waals surface area contributed by atoms with Crippen molar-refractivity contribution in [2.75, 3.05) is 25.6 Å². The first-order valence-corrected chi connectivity index (χ1v) is 8.09. The number of amides is 1. The van der Waals surface area contributed by atoms with Gasteiger partial charge in [-0.2, -0.15) is 0 Å². The van der Waals surface area contributed by atoms with E-state index in [4.69, 9.17) is 19.3 Å². The van der Waals surface area contributed by atoms with Crippen molar-refractivity contribution in [1.29, 1.82) is 0 Å². The molecular weight excluding hydrogens is 330 g/mol. The highest BCUT2D eigenvalue weighted by atomic mass is 16.6. The molecular formula is C17H21NO7. The number of hydrogen-bond donors (Lipinski definition) is 3. The lowest BCUT2D eigenvalue weighted by Gasteiger charge is -2.36. The zero-order chi connectivity index (χ0) is 18.0. The van der Waals surface area contributed by atoms with E-state index in [9.17, 15) is 14.7 Å². The summed E-state index contributed by atoms with van der Waals surface area (Å²) in [5.41, 5.74) is 1.50. The summed E-state index contributed by atoms with van der Waals surface area (Å²) >= 11 is 0. The molecule has 2 heterocycles. The van der Waals surface area contributed by atoms with E-state index in [1.807, 2.05) is 6.07 Å². The van der Waals surface area contributed by atoms with E-state index in [1.165, 1.54) is 7.11 Å². The molecule has 0 aromatic heterocycles. The summed E-state index contributed by atoms with van der Waals surface area (Å²) in [7, 11) is 1.44. The number of anilines is 1. The Labute approximate surface area is 144 Å². The summed E-state index contributed by atoms with van der Waals surface area (Å²) in [6.07, 6.45) is -1.08. The van der Waals surface area contributed by atoms with Gasteiger partial charge in [-0.15, -0.1) is 0 Å². The van der Waals surface area contributed by atoms with Crippen LogP contribution in [0.5, 0.6) is 5.75 Å². The minimum atomic E-state index is -0.945. The molecule has 0 radical (unpaired) electrons. The molecule has 8 nitrogen and oxygen atoms in total. The van der Waals surface area contributed by atoms with Crippen LogP contribution in [-0.2, 0) is 19.1 Å². The molecule has 0 bridgehead atoms. The summed E-state index contributed by atoms with van der Waals surface area (Å²) in [6, 6.07) is 5.31. The summed E-state index contributed by atoms with van der Waals surface area (Å²) in [4.78, 5) is 22.7. The number of aliphatic hydroxyl groups excluding tert-OH is 1. The number of fused-ring (bicyclic) bond motifs is 3. The zero-order valence-corrected chi connectivity index (χ0v) is 13.8. The number of carbonyl (C=O) groups excluding carboxylic acids is 1. The standard InChI is InChI=1S/C17H21NO7/c1-23-8-15(20)18-9-2-3-13-11(4-9)12-5-10(6-16(21)22)24-14(7-19)17(12)25-13/h2-4,10,12,14,17,19H,5-8H2,1H3,(H,18,20)(H,21,22)/t10-,12-,14+,17+/m0/s1. The van der Waals surface area contributed by atoms with Gasteiger partial charge in [-0.25, -0.2) is 0 Å². The highest BCUT2D eigenvalue weighted by Gasteiger charge is 2.46. The Kier molecular flexibility index (Phi) is 5.22. The molecule has 1 saturated heterocycles. The predicted octanol–water partition coefficient (Wildman–Crippen LogP) is 0.741. The lowest BCUT2D eigenvalue weighted by atomic mass is 9.84. The predicted molar refractivity (Wildman–Crippen MR) is 86.7 cm³/mol. The Hall–Kier alpha value is -2.16. The van der Waals surface area contributed by atoms with Crippen LogP contribution in [0.15, 0.2) is 18.2 Å². The minimum Gasteiger partial charge on any atom is -0.487 e. The third kappa shape index (κ3) is 3.76. The van der Waals surface area contributed by atoms with Crippen LogP contribution >= 0.6 is 0 Å². The number of carboxylic acid groups (broad SMARTS) is 1. The van der Waals surface area contributed by atoms with Crippen LogP contribution in [0.4, 0.5) is 5.69 Å². The van der Waals surface area contributed by atoms with Crippen molar-refractivity contribution in [2.45, 2.75) is 37.1 Å². The van der Waals surface area contributed by atoms with Gasteiger partial charge in [0.2, 0.25) is 5.91 Å². The van der Waals surface area contributed by atoms with Crippen molar-refractivity contribution in [3.63, 3.8) is 0 Å². The van der Waals surface area contributed by atoms with E-state index < -0.39 is 18.2 Å². The third-order valence-corrected chi connectivity index (χ3v) is 4.46.